The van der Waals surface area contributed by atoms with Crippen LogP contribution in [0.4, 0.5) is 5.69 Å². The third kappa shape index (κ3) is 3.44. The minimum Gasteiger partial charge on any atom is -0.629 e. The van der Waals surface area contributed by atoms with Crippen LogP contribution in [0.3, 0.4) is 0 Å². The molecule has 2 aromatic rings. The number of ether oxygens (including phenoxy) is 2. The fraction of sp³-hybridized carbons (Fsp3) is 0.263. The standard InChI is InChI=1S/C19H19NO5S/c1-26(23)15-6-5-12(17(21)8-15)7-13-9-20(22)16-3-2-4-18(19(13)16)25-11-14-10-24-14/h2-8,14,20-21H,9-11H2,1H3. The molecule has 2 aliphatic rings. The van der Waals surface area contributed by atoms with Crippen molar-refractivity contribution in [1.82, 2.24) is 0 Å². The first-order valence-corrected chi connectivity index (χ1v) is 9.87. The largest absolute Gasteiger partial charge is 0.629 e. The lowest BCUT2D eigenvalue weighted by Crippen LogP contribution is -3.00. The highest BCUT2D eigenvalue weighted by Crippen LogP contribution is 2.37. The third-order valence-electron chi connectivity index (χ3n) is 4.49. The topological polar surface area (TPSA) is 92.6 Å². The van der Waals surface area contributed by atoms with Gasteiger partial charge >= 0.3 is 0 Å². The van der Waals surface area contributed by atoms with Crippen molar-refractivity contribution in [2.45, 2.75) is 11.0 Å². The minimum atomic E-state index is -1.17. The lowest BCUT2D eigenvalue weighted by atomic mass is 10.0. The Kier molecular flexibility index (Phi) is 4.64. The van der Waals surface area contributed by atoms with Gasteiger partial charge in [0.05, 0.1) is 12.2 Å². The normalized spacial score (nSPS) is 23.7. The molecule has 3 unspecified atom stereocenters. The van der Waals surface area contributed by atoms with Crippen molar-refractivity contribution in [3.05, 3.63) is 52.7 Å². The molecule has 2 heterocycles. The number of rotatable bonds is 5. The van der Waals surface area contributed by atoms with E-state index in [0.717, 1.165) is 11.1 Å². The van der Waals surface area contributed by atoms with Crippen molar-refractivity contribution in [2.75, 3.05) is 26.0 Å². The lowest BCUT2D eigenvalue weighted by Gasteiger charge is -2.15. The van der Waals surface area contributed by atoms with Gasteiger partial charge in [-0.2, -0.15) is 0 Å². The number of epoxide rings is 1. The van der Waals surface area contributed by atoms with Crippen molar-refractivity contribution < 1.29 is 24.2 Å². The number of benzene rings is 2. The van der Waals surface area contributed by atoms with Crippen molar-refractivity contribution >= 4 is 28.5 Å². The molecular weight excluding hydrogens is 354 g/mol. The molecule has 26 heavy (non-hydrogen) atoms. The summed E-state index contributed by atoms with van der Waals surface area (Å²) in [5, 5.41) is 22.7. The molecule has 1 saturated heterocycles. The van der Waals surface area contributed by atoms with Crippen molar-refractivity contribution in [3.8, 4) is 11.5 Å². The fourth-order valence-electron chi connectivity index (χ4n) is 3.05. The van der Waals surface area contributed by atoms with Crippen LogP contribution in [0.2, 0.25) is 0 Å². The molecule has 0 radical (unpaired) electrons. The van der Waals surface area contributed by atoms with E-state index in [9.17, 15) is 14.9 Å². The van der Waals surface area contributed by atoms with Gasteiger partial charge in [-0.3, -0.25) is 0 Å². The maximum atomic E-state index is 12.4. The summed E-state index contributed by atoms with van der Waals surface area (Å²) in [5.41, 5.74) is 2.80. The first-order chi connectivity index (χ1) is 12.5. The van der Waals surface area contributed by atoms with Gasteiger partial charge < -0.3 is 29.4 Å². The van der Waals surface area contributed by atoms with E-state index in [4.69, 9.17) is 9.47 Å². The van der Waals surface area contributed by atoms with Gasteiger partial charge in [0.25, 0.3) is 0 Å². The van der Waals surface area contributed by atoms with Gasteiger partial charge in [0, 0.05) is 23.3 Å². The van der Waals surface area contributed by atoms with Gasteiger partial charge in [-0.25, -0.2) is 0 Å². The van der Waals surface area contributed by atoms with Gasteiger partial charge in [0.1, 0.15) is 42.7 Å². The highest BCUT2D eigenvalue weighted by molar-refractivity contribution is 7.90. The maximum absolute atomic E-state index is 12.4. The second kappa shape index (κ2) is 6.94. The van der Waals surface area contributed by atoms with Crippen LogP contribution in [-0.2, 0) is 15.9 Å². The zero-order valence-electron chi connectivity index (χ0n) is 14.2. The molecule has 0 spiro atoms. The number of quaternary nitrogens is 1. The first-order valence-electron chi connectivity index (χ1n) is 8.31. The third-order valence-corrected chi connectivity index (χ3v) is 5.41. The maximum Gasteiger partial charge on any atom is 0.156 e. The Morgan fingerprint density at radius 1 is 1.38 bits per heavy atom. The minimum absolute atomic E-state index is 0.0325. The van der Waals surface area contributed by atoms with E-state index >= 15 is 0 Å². The molecule has 0 aromatic heterocycles. The van der Waals surface area contributed by atoms with Gasteiger partial charge in [-0.15, -0.1) is 0 Å². The highest BCUT2D eigenvalue weighted by atomic mass is 32.2. The molecule has 1 fully saturated rings. The molecule has 0 aliphatic carbocycles. The summed E-state index contributed by atoms with van der Waals surface area (Å²) in [7, 11) is 0. The van der Waals surface area contributed by atoms with Gasteiger partial charge in [0.15, 0.2) is 4.90 Å². The Morgan fingerprint density at radius 3 is 2.88 bits per heavy atom. The summed E-state index contributed by atoms with van der Waals surface area (Å²) < 4.78 is 22.6. The van der Waals surface area contributed by atoms with Crippen LogP contribution in [0, 0.1) is 5.21 Å². The molecular formula is C19H19NO5S. The van der Waals surface area contributed by atoms with Crippen molar-refractivity contribution in [3.63, 3.8) is 0 Å². The molecule has 0 amide bonds. The molecule has 4 rings (SSSR count). The Morgan fingerprint density at radius 2 is 2.19 bits per heavy atom. The summed E-state index contributed by atoms with van der Waals surface area (Å²) in [6.45, 7) is 1.42. The van der Waals surface area contributed by atoms with Crippen LogP contribution < -0.4 is 9.80 Å². The van der Waals surface area contributed by atoms with E-state index < -0.39 is 11.2 Å². The highest BCUT2D eigenvalue weighted by Gasteiger charge is 2.30. The SMILES string of the molecule is C[S+]([O-])c1ccc(C=C2C[NH+]([O-])c3cccc(OCC4CO4)c32)c(O)c1. The number of phenolic OH excluding ortho intramolecular Hbond substituents is 1. The van der Waals surface area contributed by atoms with Crippen molar-refractivity contribution in [1.29, 1.82) is 0 Å². The molecule has 0 saturated carbocycles. The number of hydrogen-bond donors (Lipinski definition) is 2. The van der Waals surface area contributed by atoms with Crippen LogP contribution in [0.5, 0.6) is 11.5 Å². The second-order valence-electron chi connectivity index (χ2n) is 6.39. The van der Waals surface area contributed by atoms with Crippen LogP contribution in [0.1, 0.15) is 11.1 Å². The lowest BCUT2D eigenvalue weighted by molar-refractivity contribution is -0.762. The van der Waals surface area contributed by atoms with Crippen LogP contribution >= 0.6 is 0 Å². The summed E-state index contributed by atoms with van der Waals surface area (Å²) in [6, 6.07) is 10.4. The van der Waals surface area contributed by atoms with E-state index in [1.807, 2.05) is 12.1 Å². The Hall–Kier alpha value is -2.03. The summed E-state index contributed by atoms with van der Waals surface area (Å²) >= 11 is -1.17. The Bertz CT molecular complexity index is 863. The Labute approximate surface area is 154 Å². The summed E-state index contributed by atoms with van der Waals surface area (Å²) in [6.07, 6.45) is 3.48. The average Bonchev–Trinajstić information content (AvgIpc) is 3.39. The number of nitrogens with one attached hydrogen (secondary N) is 1. The van der Waals surface area contributed by atoms with E-state index in [-0.39, 0.29) is 23.5 Å². The molecule has 6 nitrogen and oxygen atoms in total. The average molecular weight is 373 g/mol. The molecule has 2 N–H and O–H groups in total. The molecule has 3 atom stereocenters. The number of hydrogen-bond acceptors (Lipinski definition) is 5. The van der Waals surface area contributed by atoms with Crippen LogP contribution in [0.15, 0.2) is 41.3 Å². The number of aromatic hydroxyl groups is 1. The van der Waals surface area contributed by atoms with E-state index in [0.29, 0.717) is 35.1 Å². The molecule has 136 valence electrons. The van der Waals surface area contributed by atoms with Gasteiger partial charge in [0.2, 0.25) is 0 Å². The number of phenols is 1. The second-order valence-corrected chi connectivity index (χ2v) is 7.77. The van der Waals surface area contributed by atoms with Crippen molar-refractivity contribution in [2.24, 2.45) is 0 Å². The zero-order valence-corrected chi connectivity index (χ0v) is 15.0. The van der Waals surface area contributed by atoms with E-state index in [1.54, 1.807) is 30.5 Å². The molecule has 0 bridgehead atoms. The zero-order chi connectivity index (χ0) is 18.3. The van der Waals surface area contributed by atoms with E-state index in [1.165, 1.54) is 6.07 Å². The number of hydroxylamine groups is 1. The predicted octanol–water partition coefficient (Wildman–Crippen LogP) is 1.48. The molecule has 7 heteroatoms. The first kappa shape index (κ1) is 17.4. The Balaban J connectivity index is 1.70. The monoisotopic (exact) mass is 373 g/mol. The van der Waals surface area contributed by atoms with Crippen LogP contribution in [-0.4, -0.2) is 41.8 Å². The smallest absolute Gasteiger partial charge is 0.156 e. The predicted molar refractivity (Wildman–Crippen MR) is 98.8 cm³/mol. The summed E-state index contributed by atoms with van der Waals surface area (Å²) in [4.78, 5) is 0.556. The van der Waals surface area contributed by atoms with Gasteiger partial charge in [-0.05, 0) is 35.5 Å². The summed E-state index contributed by atoms with van der Waals surface area (Å²) in [5.74, 6) is 0.691. The van der Waals surface area contributed by atoms with E-state index in [2.05, 4.69) is 0 Å². The molecule has 2 aliphatic heterocycles. The van der Waals surface area contributed by atoms with Crippen LogP contribution in [0.25, 0.3) is 11.6 Å². The fourth-order valence-corrected chi connectivity index (χ4v) is 3.59. The quantitative estimate of drug-likeness (QED) is 0.470. The number of fused-ring (bicyclic) bond motifs is 1. The van der Waals surface area contributed by atoms with Gasteiger partial charge in [-0.1, -0.05) is 6.07 Å². The molecule has 2 aromatic carbocycles.